The molecule has 1 fully saturated rings. The molecule has 2 N–H and O–H groups in total. The van der Waals surface area contributed by atoms with Crippen LogP contribution in [0.15, 0.2) is 15.8 Å². The third-order valence-electron chi connectivity index (χ3n) is 4.11. The number of aromatic amines is 1. The van der Waals surface area contributed by atoms with Crippen molar-refractivity contribution in [3.63, 3.8) is 0 Å². The van der Waals surface area contributed by atoms with Gasteiger partial charge in [0.15, 0.2) is 0 Å². The predicted octanol–water partition coefficient (Wildman–Crippen LogP) is 1.74. The van der Waals surface area contributed by atoms with Crippen molar-refractivity contribution >= 4 is 7.60 Å². The standard InChI is InChI=1S/C15H23F2N2O7P/c1-4-24-27(23,25-5-2)15(16,17)7-11-10(20)6-12(26-11)19-8-9(3)13(21)18-14(19)22/h8,10-12,20H,4-7H2,1-3H3,(H,18,21,22)/t10-,11+,12?/m0/s1. The molecule has 0 aromatic carbocycles. The SMILES string of the molecule is CCOP(=O)(OCC)C(F)(F)C[C@H]1OC(n2cc(C)c(=O)[nH]c2=O)C[C@@H]1O. The van der Waals surface area contributed by atoms with Gasteiger partial charge in [-0.15, -0.1) is 0 Å². The molecule has 0 spiro atoms. The molecule has 1 aromatic heterocycles. The number of H-pyrrole nitrogens is 1. The molecular weight excluding hydrogens is 389 g/mol. The Morgan fingerprint density at radius 3 is 2.52 bits per heavy atom. The van der Waals surface area contributed by atoms with Crippen molar-refractivity contribution < 1.29 is 32.2 Å². The maximum Gasteiger partial charge on any atom is 0.399 e. The van der Waals surface area contributed by atoms with Gasteiger partial charge in [0, 0.05) is 18.2 Å². The van der Waals surface area contributed by atoms with E-state index in [1.807, 2.05) is 0 Å². The zero-order valence-corrected chi connectivity index (χ0v) is 16.1. The van der Waals surface area contributed by atoms with E-state index >= 15 is 0 Å². The summed E-state index contributed by atoms with van der Waals surface area (Å²) in [6.45, 7) is 3.80. The average molecular weight is 412 g/mol. The van der Waals surface area contributed by atoms with Gasteiger partial charge in [0.25, 0.3) is 5.56 Å². The Hall–Kier alpha value is -1.39. The molecule has 0 bridgehead atoms. The first-order chi connectivity index (χ1) is 12.5. The third kappa shape index (κ3) is 4.55. The van der Waals surface area contributed by atoms with Gasteiger partial charge in [-0.05, 0) is 20.8 Å². The van der Waals surface area contributed by atoms with Crippen LogP contribution in [0.2, 0.25) is 0 Å². The monoisotopic (exact) mass is 412 g/mol. The van der Waals surface area contributed by atoms with Gasteiger partial charge in [-0.1, -0.05) is 0 Å². The summed E-state index contributed by atoms with van der Waals surface area (Å²) < 4.78 is 57.3. The summed E-state index contributed by atoms with van der Waals surface area (Å²) in [6.07, 6.45) is -3.83. The van der Waals surface area contributed by atoms with E-state index < -0.39 is 49.4 Å². The second-order valence-electron chi connectivity index (χ2n) is 6.11. The van der Waals surface area contributed by atoms with Crippen LogP contribution in [-0.2, 0) is 18.3 Å². The van der Waals surface area contributed by atoms with Crippen molar-refractivity contribution in [3.8, 4) is 0 Å². The normalized spacial score (nSPS) is 23.7. The maximum atomic E-state index is 14.6. The zero-order chi connectivity index (χ0) is 20.4. The molecule has 1 aliphatic heterocycles. The van der Waals surface area contributed by atoms with Crippen molar-refractivity contribution in [1.82, 2.24) is 9.55 Å². The minimum absolute atomic E-state index is 0.153. The van der Waals surface area contributed by atoms with Gasteiger partial charge in [0.1, 0.15) is 6.23 Å². The van der Waals surface area contributed by atoms with Gasteiger partial charge in [0.2, 0.25) is 0 Å². The van der Waals surface area contributed by atoms with Gasteiger partial charge in [0.05, 0.1) is 31.8 Å². The van der Waals surface area contributed by atoms with E-state index in [0.29, 0.717) is 0 Å². The van der Waals surface area contributed by atoms with Crippen LogP contribution in [0, 0.1) is 6.92 Å². The number of aliphatic hydroxyl groups excluding tert-OH is 1. The minimum atomic E-state index is -4.76. The smallest absolute Gasteiger partial charge is 0.390 e. The first-order valence-corrected chi connectivity index (χ1v) is 10.0. The van der Waals surface area contributed by atoms with E-state index in [0.717, 1.165) is 4.57 Å². The summed E-state index contributed by atoms with van der Waals surface area (Å²) in [7, 11) is -4.76. The lowest BCUT2D eigenvalue weighted by molar-refractivity contribution is -0.0700. The molecule has 9 nitrogen and oxygen atoms in total. The quantitative estimate of drug-likeness (QED) is 0.624. The highest BCUT2D eigenvalue weighted by atomic mass is 31.2. The molecule has 1 aromatic rings. The Morgan fingerprint density at radius 2 is 1.96 bits per heavy atom. The van der Waals surface area contributed by atoms with Crippen molar-refractivity contribution in [2.24, 2.45) is 0 Å². The number of hydrogen-bond donors (Lipinski definition) is 2. The van der Waals surface area contributed by atoms with Crippen molar-refractivity contribution in [2.75, 3.05) is 13.2 Å². The lowest BCUT2D eigenvalue weighted by Gasteiger charge is -2.28. The number of ether oxygens (including phenoxy) is 1. The molecule has 2 rings (SSSR count). The Labute approximate surface area is 153 Å². The molecule has 1 saturated heterocycles. The van der Waals surface area contributed by atoms with Gasteiger partial charge >= 0.3 is 18.9 Å². The second-order valence-corrected chi connectivity index (χ2v) is 8.28. The van der Waals surface area contributed by atoms with Crippen LogP contribution in [0.1, 0.15) is 38.5 Å². The lowest BCUT2D eigenvalue weighted by Crippen LogP contribution is -2.34. The van der Waals surface area contributed by atoms with Crippen LogP contribution in [-0.4, -0.2) is 45.7 Å². The van der Waals surface area contributed by atoms with Crippen LogP contribution in [0.25, 0.3) is 0 Å². The van der Waals surface area contributed by atoms with Crippen LogP contribution < -0.4 is 11.2 Å². The van der Waals surface area contributed by atoms with E-state index in [4.69, 9.17) is 13.8 Å². The second kappa shape index (κ2) is 8.32. The molecule has 3 atom stereocenters. The molecule has 1 unspecified atom stereocenters. The fraction of sp³-hybridized carbons (Fsp3) is 0.733. The summed E-state index contributed by atoms with van der Waals surface area (Å²) in [4.78, 5) is 25.4. The number of nitrogens with zero attached hydrogens (tertiary/aromatic N) is 1. The number of hydrogen-bond acceptors (Lipinski definition) is 7. The number of aliphatic hydroxyl groups is 1. The van der Waals surface area contributed by atoms with Crippen molar-refractivity contribution in [3.05, 3.63) is 32.6 Å². The van der Waals surface area contributed by atoms with E-state index in [1.54, 1.807) is 0 Å². The first kappa shape index (κ1) is 21.9. The summed E-state index contributed by atoms with van der Waals surface area (Å²) in [6, 6.07) is 0. The fourth-order valence-corrected chi connectivity index (χ4v) is 4.33. The number of halogens is 2. The molecule has 0 radical (unpaired) electrons. The molecule has 1 aliphatic rings. The van der Waals surface area contributed by atoms with Gasteiger partial charge < -0.3 is 18.9 Å². The molecular formula is C15H23F2N2O7P. The number of rotatable bonds is 8. The summed E-state index contributed by atoms with van der Waals surface area (Å²) in [5, 5.41) is 10.1. The highest BCUT2D eigenvalue weighted by molar-refractivity contribution is 7.55. The predicted molar refractivity (Wildman–Crippen MR) is 91.0 cm³/mol. The first-order valence-electron chi connectivity index (χ1n) is 8.47. The van der Waals surface area contributed by atoms with Crippen LogP contribution in [0.3, 0.4) is 0 Å². The fourth-order valence-electron chi connectivity index (χ4n) is 2.79. The lowest BCUT2D eigenvalue weighted by atomic mass is 10.1. The number of alkyl halides is 2. The number of nitrogens with one attached hydrogen (secondary N) is 1. The number of aryl methyl sites for hydroxylation is 1. The van der Waals surface area contributed by atoms with Crippen LogP contribution >= 0.6 is 7.60 Å². The number of aromatic nitrogens is 2. The van der Waals surface area contributed by atoms with Crippen LogP contribution in [0.5, 0.6) is 0 Å². The van der Waals surface area contributed by atoms with Gasteiger partial charge in [-0.3, -0.25) is 18.9 Å². The van der Waals surface area contributed by atoms with E-state index in [2.05, 4.69) is 4.98 Å². The van der Waals surface area contributed by atoms with E-state index in [9.17, 15) is 28.0 Å². The molecule has 27 heavy (non-hydrogen) atoms. The van der Waals surface area contributed by atoms with E-state index in [-0.39, 0.29) is 25.2 Å². The molecule has 2 heterocycles. The average Bonchev–Trinajstić information content (AvgIpc) is 2.91. The van der Waals surface area contributed by atoms with E-state index in [1.165, 1.54) is 27.0 Å². The summed E-state index contributed by atoms with van der Waals surface area (Å²) >= 11 is 0. The molecule has 154 valence electrons. The Morgan fingerprint density at radius 1 is 1.37 bits per heavy atom. The Balaban J connectivity index is 2.21. The highest BCUT2D eigenvalue weighted by Crippen LogP contribution is 2.64. The van der Waals surface area contributed by atoms with Crippen molar-refractivity contribution in [2.45, 2.75) is 57.7 Å². The zero-order valence-electron chi connectivity index (χ0n) is 15.2. The molecule has 12 heteroatoms. The summed E-state index contributed by atoms with van der Waals surface area (Å²) in [5.41, 5.74) is -5.04. The third-order valence-corrected chi connectivity index (χ3v) is 6.29. The molecule has 0 amide bonds. The maximum absolute atomic E-state index is 14.6. The summed E-state index contributed by atoms with van der Waals surface area (Å²) in [5.74, 6) is 0. The van der Waals surface area contributed by atoms with Crippen molar-refractivity contribution in [1.29, 1.82) is 0 Å². The molecule has 0 saturated carbocycles. The van der Waals surface area contributed by atoms with Crippen LogP contribution in [0.4, 0.5) is 8.78 Å². The molecule has 0 aliphatic carbocycles. The van der Waals surface area contributed by atoms with Gasteiger partial charge in [-0.2, -0.15) is 8.78 Å². The minimum Gasteiger partial charge on any atom is -0.390 e. The topological polar surface area (TPSA) is 120 Å². The highest BCUT2D eigenvalue weighted by Gasteiger charge is 2.56. The van der Waals surface area contributed by atoms with Gasteiger partial charge in [-0.25, -0.2) is 4.79 Å². The largest absolute Gasteiger partial charge is 0.399 e. The Kier molecular flexibility index (Phi) is 6.75. The Bertz CT molecular complexity index is 815.